The van der Waals surface area contributed by atoms with Gasteiger partial charge in [-0.15, -0.1) is 0 Å². The van der Waals surface area contributed by atoms with Crippen molar-refractivity contribution in [3.8, 4) is 12.1 Å². The number of halogens is 2. The maximum absolute atomic E-state index is 14.2. The van der Waals surface area contributed by atoms with Gasteiger partial charge in [0.1, 0.15) is 23.8 Å². The first kappa shape index (κ1) is 27.0. The summed E-state index contributed by atoms with van der Waals surface area (Å²) in [5.41, 5.74) is -4.27. The maximum atomic E-state index is 14.2. The highest BCUT2D eigenvalue weighted by Gasteiger charge is 2.48. The highest BCUT2D eigenvalue weighted by Crippen LogP contribution is 2.40. The second kappa shape index (κ2) is 10.0. The average molecular weight is 530 g/mol. The summed E-state index contributed by atoms with van der Waals surface area (Å²) >= 11 is 0. The predicted molar refractivity (Wildman–Crippen MR) is 134 cm³/mol. The third kappa shape index (κ3) is 4.39. The van der Waals surface area contributed by atoms with E-state index >= 15 is 0 Å². The summed E-state index contributed by atoms with van der Waals surface area (Å²) in [7, 11) is 0. The fourth-order valence-electron chi connectivity index (χ4n) is 4.84. The Hall–Kier alpha value is -5.00. The minimum atomic E-state index is -2.04. The van der Waals surface area contributed by atoms with Crippen LogP contribution in [-0.4, -0.2) is 22.1 Å². The van der Waals surface area contributed by atoms with Crippen LogP contribution in [0.25, 0.3) is 0 Å². The van der Waals surface area contributed by atoms with Gasteiger partial charge < -0.3 is 4.74 Å². The van der Waals surface area contributed by atoms with Crippen LogP contribution in [0.1, 0.15) is 22.3 Å². The second-order valence-corrected chi connectivity index (χ2v) is 9.11. The molecule has 0 amide bonds. The maximum Gasteiger partial charge on any atom is 0.285 e. The van der Waals surface area contributed by atoms with E-state index in [1.807, 2.05) is 12.1 Å². The van der Waals surface area contributed by atoms with Gasteiger partial charge in [0.05, 0.1) is 23.3 Å². The molecule has 39 heavy (non-hydrogen) atoms. The Morgan fingerprint density at radius 2 is 1.18 bits per heavy atom. The molecule has 0 N–H and O–H groups in total. The molecule has 2 aromatic rings. The van der Waals surface area contributed by atoms with Crippen molar-refractivity contribution in [2.75, 3.05) is 0 Å². The molecular weight excluding hydrogens is 510 g/mol. The van der Waals surface area contributed by atoms with Gasteiger partial charge in [-0.2, -0.15) is 10.5 Å². The van der Waals surface area contributed by atoms with E-state index < -0.39 is 44.8 Å². The lowest BCUT2D eigenvalue weighted by Crippen LogP contribution is -2.39. The van der Waals surface area contributed by atoms with Gasteiger partial charge in [0.15, 0.2) is 0 Å². The lowest BCUT2D eigenvalue weighted by molar-refractivity contribution is -0.549. The molecular formula is C28H20F2N4O5. The number of nitriles is 2. The van der Waals surface area contributed by atoms with Crippen molar-refractivity contribution in [3.05, 3.63) is 138 Å². The largest absolute Gasteiger partial charge is 0.356 e. The molecule has 9 nitrogen and oxygen atoms in total. The zero-order valence-electron chi connectivity index (χ0n) is 20.7. The quantitative estimate of drug-likeness (QED) is 0.290. The Bertz CT molecular complexity index is 1480. The average Bonchev–Trinajstić information content (AvgIpc) is 2.92. The van der Waals surface area contributed by atoms with Crippen LogP contribution >= 0.6 is 0 Å². The highest BCUT2D eigenvalue weighted by atomic mass is 19.1. The number of benzene rings is 2. The molecule has 0 aromatic heterocycles. The van der Waals surface area contributed by atoms with Gasteiger partial charge in [0.25, 0.3) is 11.1 Å². The van der Waals surface area contributed by atoms with Crippen LogP contribution in [0.2, 0.25) is 0 Å². The van der Waals surface area contributed by atoms with Crippen molar-refractivity contribution in [1.29, 1.82) is 10.5 Å². The summed E-state index contributed by atoms with van der Waals surface area (Å²) in [5, 5.41) is 44.0. The fraction of sp³-hybridized carbons (Fsp3) is 0.214. The second-order valence-electron chi connectivity index (χ2n) is 9.11. The molecule has 0 saturated heterocycles. The minimum Gasteiger partial charge on any atom is -0.356 e. The number of nitro groups is 2. The molecule has 4 rings (SSSR count). The molecule has 4 unspecified atom stereocenters. The van der Waals surface area contributed by atoms with Gasteiger partial charge in [-0.1, -0.05) is 24.3 Å². The molecule has 2 aromatic carbocycles. The lowest BCUT2D eigenvalue weighted by Gasteiger charge is -2.30. The van der Waals surface area contributed by atoms with E-state index in [1.165, 1.54) is 74.5 Å². The molecule has 0 spiro atoms. The Balaban J connectivity index is 1.72. The van der Waals surface area contributed by atoms with Crippen molar-refractivity contribution in [2.24, 2.45) is 0 Å². The van der Waals surface area contributed by atoms with Crippen LogP contribution in [0.15, 0.2) is 84.0 Å². The molecule has 11 heteroatoms. The van der Waals surface area contributed by atoms with Gasteiger partial charge >= 0.3 is 0 Å². The van der Waals surface area contributed by atoms with Gasteiger partial charge in [0, 0.05) is 33.1 Å². The third-order valence-corrected chi connectivity index (χ3v) is 6.97. The first-order valence-corrected chi connectivity index (χ1v) is 11.6. The van der Waals surface area contributed by atoms with Gasteiger partial charge in [-0.25, -0.2) is 8.78 Å². The summed E-state index contributed by atoms with van der Waals surface area (Å²) in [6, 6.07) is 11.5. The smallest absolute Gasteiger partial charge is 0.285 e. The molecule has 0 radical (unpaired) electrons. The van der Waals surface area contributed by atoms with E-state index in [4.69, 9.17) is 4.74 Å². The first-order valence-electron chi connectivity index (χ1n) is 11.6. The van der Waals surface area contributed by atoms with E-state index in [9.17, 15) is 39.5 Å². The minimum absolute atomic E-state index is 0.0337. The third-order valence-electron chi connectivity index (χ3n) is 6.97. The Morgan fingerprint density at radius 1 is 0.795 bits per heavy atom. The van der Waals surface area contributed by atoms with Crippen LogP contribution in [-0.2, 0) is 15.8 Å². The fourth-order valence-corrected chi connectivity index (χ4v) is 4.84. The molecule has 2 aliphatic rings. The number of nitrogens with zero attached hydrogens (tertiary/aromatic N) is 4. The zero-order chi connectivity index (χ0) is 28.5. The van der Waals surface area contributed by atoms with E-state index in [2.05, 4.69) is 0 Å². The molecule has 0 aliphatic heterocycles. The Morgan fingerprint density at radius 3 is 1.51 bits per heavy atom. The predicted octanol–water partition coefficient (Wildman–Crippen LogP) is 5.02. The normalized spacial score (nSPS) is 25.7. The van der Waals surface area contributed by atoms with Gasteiger partial charge in [-0.05, 0) is 61.4 Å². The first-order chi connectivity index (χ1) is 18.5. The molecule has 2 aliphatic carbocycles. The highest BCUT2D eigenvalue weighted by molar-refractivity contribution is 5.50. The van der Waals surface area contributed by atoms with Gasteiger partial charge in [0.2, 0.25) is 0 Å². The van der Waals surface area contributed by atoms with Crippen LogP contribution < -0.4 is 0 Å². The number of hydrogen-bond acceptors (Lipinski definition) is 7. The lowest BCUT2D eigenvalue weighted by atomic mass is 9.80. The molecule has 196 valence electrons. The van der Waals surface area contributed by atoms with Crippen molar-refractivity contribution in [2.45, 2.75) is 37.1 Å². The molecule has 0 saturated carbocycles. The SMILES string of the molecule is Cc1c(F)cccc1C1([N+](=O)[O-])C=CC(OC2C=CC(c3cccc(F)c3C)([N+](=O)[O-])C=C2C#N)C(C#N)=C1. The topological polar surface area (TPSA) is 143 Å². The Labute approximate surface area is 221 Å². The Kier molecular flexibility index (Phi) is 6.97. The molecule has 0 bridgehead atoms. The number of rotatable bonds is 6. The molecule has 4 atom stereocenters. The van der Waals surface area contributed by atoms with Gasteiger partial charge in [-0.3, -0.25) is 20.2 Å². The standard InChI is InChI=1S/C28H20F2N4O5/c1-17-21(5-3-7-23(17)29)27(33(35)36)11-9-25(19(13-27)15-31)39-26-10-12-28(34(37)38,14-20(26)16-32)22-6-4-8-24(30)18(22)2/h3-14,25-26H,1-2H3. The summed E-state index contributed by atoms with van der Waals surface area (Å²) in [6.45, 7) is 2.79. The summed E-state index contributed by atoms with van der Waals surface area (Å²) in [6.07, 6.45) is 4.73. The molecule has 0 fully saturated rings. The van der Waals surface area contributed by atoms with E-state index in [0.29, 0.717) is 0 Å². The monoisotopic (exact) mass is 530 g/mol. The zero-order valence-corrected chi connectivity index (χ0v) is 20.7. The van der Waals surface area contributed by atoms with Crippen molar-refractivity contribution < 1.29 is 23.4 Å². The van der Waals surface area contributed by atoms with Crippen LogP contribution in [0.5, 0.6) is 0 Å². The van der Waals surface area contributed by atoms with Crippen molar-refractivity contribution in [3.63, 3.8) is 0 Å². The van der Waals surface area contributed by atoms with Crippen LogP contribution in [0.3, 0.4) is 0 Å². The van der Waals surface area contributed by atoms with Crippen molar-refractivity contribution in [1.82, 2.24) is 0 Å². The van der Waals surface area contributed by atoms with Crippen molar-refractivity contribution >= 4 is 0 Å². The molecule has 0 heterocycles. The van der Waals surface area contributed by atoms with E-state index in [0.717, 1.165) is 12.2 Å². The van der Waals surface area contributed by atoms with Crippen LogP contribution in [0, 0.1) is 68.4 Å². The number of ether oxygens (including phenoxy) is 1. The van der Waals surface area contributed by atoms with E-state index in [-0.39, 0.29) is 33.4 Å². The van der Waals surface area contributed by atoms with E-state index in [1.54, 1.807) is 0 Å². The van der Waals surface area contributed by atoms with Crippen LogP contribution in [0.4, 0.5) is 8.78 Å². The summed E-state index contributed by atoms with van der Waals surface area (Å²) in [5.74, 6) is -1.29. The summed E-state index contributed by atoms with van der Waals surface area (Å²) < 4.78 is 34.4. The summed E-state index contributed by atoms with van der Waals surface area (Å²) in [4.78, 5) is 23.1. The number of hydrogen-bond donors (Lipinski definition) is 0.